The van der Waals surface area contributed by atoms with Gasteiger partial charge in [-0.05, 0) is 37.2 Å². The number of carbonyl (C=O) groups is 1. The van der Waals surface area contributed by atoms with E-state index in [4.69, 9.17) is 10.5 Å². The maximum Gasteiger partial charge on any atom is 0.425 e. The third-order valence-electron chi connectivity index (χ3n) is 4.28. The van der Waals surface area contributed by atoms with Crippen LogP contribution in [0.4, 0.5) is 13.2 Å². The fraction of sp³-hybridized carbons (Fsp3) is 0.706. The number of rotatable bonds is 5. The van der Waals surface area contributed by atoms with Gasteiger partial charge >= 0.3 is 6.18 Å². The molecule has 0 bridgehead atoms. The zero-order valence-corrected chi connectivity index (χ0v) is 14.5. The van der Waals surface area contributed by atoms with E-state index in [1.54, 1.807) is 17.2 Å². The van der Waals surface area contributed by atoms with Gasteiger partial charge in [-0.2, -0.15) is 13.2 Å². The normalized spacial score (nSPS) is 21.7. The van der Waals surface area contributed by atoms with E-state index < -0.39 is 24.2 Å². The molecule has 0 saturated heterocycles. The lowest BCUT2D eigenvalue weighted by atomic mass is 9.84. The molecular formula is C17H25F3N2O2. The molecule has 1 heterocycles. The van der Waals surface area contributed by atoms with Gasteiger partial charge in [0.15, 0.2) is 6.10 Å². The molecule has 1 aliphatic carbocycles. The maximum absolute atomic E-state index is 12.8. The highest BCUT2D eigenvalue weighted by Gasteiger charge is 2.42. The number of alkyl halides is 3. The largest absolute Gasteiger partial charge is 0.481 e. The van der Waals surface area contributed by atoms with Crippen LogP contribution in [0.5, 0.6) is 0 Å². The third-order valence-corrected chi connectivity index (χ3v) is 4.28. The van der Waals surface area contributed by atoms with E-state index in [0.29, 0.717) is 6.54 Å². The lowest BCUT2D eigenvalue weighted by Crippen LogP contribution is -2.51. The molecule has 1 saturated carbocycles. The first-order valence-corrected chi connectivity index (χ1v) is 8.12. The number of carbonyl (C=O) groups excluding carboxylic acids is 1. The monoisotopic (exact) mass is 346 g/mol. The van der Waals surface area contributed by atoms with Crippen LogP contribution in [0.2, 0.25) is 0 Å². The number of halogens is 3. The molecule has 136 valence electrons. The number of hydrogen-bond donors (Lipinski definition) is 1. The Morgan fingerprint density at radius 1 is 1.33 bits per heavy atom. The Balaban J connectivity index is 2.23. The first-order chi connectivity index (χ1) is 10.9. The molecule has 7 heteroatoms. The van der Waals surface area contributed by atoms with Gasteiger partial charge in [-0.3, -0.25) is 4.79 Å². The predicted molar refractivity (Wildman–Crippen MR) is 84.6 cm³/mol. The molecule has 1 unspecified atom stereocenters. The van der Waals surface area contributed by atoms with Crippen LogP contribution in [0, 0.1) is 11.3 Å². The van der Waals surface area contributed by atoms with Crippen molar-refractivity contribution < 1.29 is 22.7 Å². The zero-order valence-electron chi connectivity index (χ0n) is 14.5. The summed E-state index contributed by atoms with van der Waals surface area (Å²) in [5.41, 5.74) is 5.90. The highest BCUT2D eigenvalue weighted by atomic mass is 19.4. The molecule has 4 nitrogen and oxygen atoms in total. The van der Waals surface area contributed by atoms with Crippen LogP contribution in [0.1, 0.15) is 40.5 Å². The van der Waals surface area contributed by atoms with E-state index in [1.807, 2.05) is 20.8 Å². The molecule has 2 N–H and O–H groups in total. The van der Waals surface area contributed by atoms with Crippen LogP contribution in [0.15, 0.2) is 23.6 Å². The van der Waals surface area contributed by atoms with Gasteiger partial charge in [0.1, 0.15) is 11.8 Å². The van der Waals surface area contributed by atoms with Crippen LogP contribution >= 0.6 is 0 Å². The summed E-state index contributed by atoms with van der Waals surface area (Å²) in [5, 5.41) is 0. The second-order valence-corrected chi connectivity index (χ2v) is 7.60. The molecule has 2 aliphatic rings. The van der Waals surface area contributed by atoms with E-state index in [0.717, 1.165) is 25.3 Å². The number of nitrogens with zero attached hydrogens (tertiary/aromatic N) is 1. The Bertz CT molecular complexity index is 557. The van der Waals surface area contributed by atoms with Crippen LogP contribution in [-0.2, 0) is 9.53 Å². The molecule has 0 spiro atoms. The highest BCUT2D eigenvalue weighted by Crippen LogP contribution is 2.43. The van der Waals surface area contributed by atoms with E-state index in [9.17, 15) is 18.0 Å². The Hall–Kier alpha value is -1.66. The number of ether oxygens (including phenoxy) is 1. The number of allylic oxidation sites excluding steroid dienone is 1. The number of hydrogen-bond acceptors (Lipinski definition) is 3. The average molecular weight is 346 g/mol. The summed E-state index contributed by atoms with van der Waals surface area (Å²) in [7, 11) is 0. The number of nitrogens with two attached hydrogens (primary N) is 1. The van der Waals surface area contributed by atoms with Crippen molar-refractivity contribution in [3.8, 4) is 0 Å². The van der Waals surface area contributed by atoms with Gasteiger partial charge in [-0.15, -0.1) is 0 Å². The summed E-state index contributed by atoms with van der Waals surface area (Å²) in [5.74, 6) is 0.0130. The highest BCUT2D eigenvalue weighted by molar-refractivity contribution is 5.81. The minimum absolute atomic E-state index is 0.188. The maximum atomic E-state index is 12.8. The van der Waals surface area contributed by atoms with E-state index in [1.165, 1.54) is 0 Å². The summed E-state index contributed by atoms with van der Waals surface area (Å²) in [4.78, 5) is 13.7. The smallest absolute Gasteiger partial charge is 0.425 e. The molecule has 0 aromatic carbocycles. The van der Waals surface area contributed by atoms with Crippen molar-refractivity contribution >= 4 is 5.91 Å². The standard InChI is InChI=1S/C17H25F3N2O2/c1-10(17(18,19)20)24-13-7-8-22(9-12(13)11-5-6-11)14(15(21)23)16(2,3)4/h7,9-11,14H,5-6,8H2,1-4H3,(H2,21,23)/t10-,14?/m0/s1. The van der Waals surface area contributed by atoms with Crippen LogP contribution in [-0.4, -0.2) is 35.7 Å². The summed E-state index contributed by atoms with van der Waals surface area (Å²) < 4.78 is 43.5. The Morgan fingerprint density at radius 3 is 2.33 bits per heavy atom. The van der Waals surface area contributed by atoms with Crippen LogP contribution in [0.3, 0.4) is 0 Å². The van der Waals surface area contributed by atoms with Crippen LogP contribution < -0.4 is 5.73 Å². The van der Waals surface area contributed by atoms with E-state index in [2.05, 4.69) is 0 Å². The first-order valence-electron chi connectivity index (χ1n) is 8.12. The molecule has 1 aliphatic heterocycles. The summed E-state index contributed by atoms with van der Waals surface area (Å²) in [6.07, 6.45) is -1.07. The van der Waals surface area contributed by atoms with E-state index in [-0.39, 0.29) is 17.1 Å². The zero-order chi connectivity index (χ0) is 18.3. The molecular weight excluding hydrogens is 321 g/mol. The van der Waals surface area contributed by atoms with Gasteiger partial charge in [-0.1, -0.05) is 20.8 Å². The van der Waals surface area contributed by atoms with Crippen LogP contribution in [0.25, 0.3) is 0 Å². The van der Waals surface area contributed by atoms with Crippen molar-refractivity contribution in [2.75, 3.05) is 6.54 Å². The molecule has 2 rings (SSSR count). The molecule has 2 atom stereocenters. The van der Waals surface area contributed by atoms with Gasteiger partial charge < -0.3 is 15.4 Å². The average Bonchev–Trinajstić information content (AvgIpc) is 3.21. The summed E-state index contributed by atoms with van der Waals surface area (Å²) in [6, 6.07) is -0.538. The number of amides is 1. The predicted octanol–water partition coefficient (Wildman–Crippen LogP) is 3.35. The second-order valence-electron chi connectivity index (χ2n) is 7.60. The van der Waals surface area contributed by atoms with Gasteiger partial charge in [0.25, 0.3) is 0 Å². The van der Waals surface area contributed by atoms with Crippen molar-refractivity contribution in [3.63, 3.8) is 0 Å². The minimum Gasteiger partial charge on any atom is -0.481 e. The lowest BCUT2D eigenvalue weighted by Gasteiger charge is -2.39. The van der Waals surface area contributed by atoms with Crippen molar-refractivity contribution in [1.29, 1.82) is 0 Å². The van der Waals surface area contributed by atoms with Crippen molar-refractivity contribution in [3.05, 3.63) is 23.6 Å². The molecule has 24 heavy (non-hydrogen) atoms. The quantitative estimate of drug-likeness (QED) is 0.831. The second kappa shape index (κ2) is 6.33. The Labute approximate surface area is 140 Å². The molecule has 0 aromatic heterocycles. The Kier molecular flexibility index (Phi) is 4.93. The Morgan fingerprint density at radius 2 is 1.92 bits per heavy atom. The van der Waals surface area contributed by atoms with E-state index >= 15 is 0 Å². The van der Waals surface area contributed by atoms with Gasteiger partial charge in [0, 0.05) is 18.3 Å². The summed E-state index contributed by atoms with van der Waals surface area (Å²) in [6.45, 7) is 7.03. The minimum atomic E-state index is -4.41. The topological polar surface area (TPSA) is 55.6 Å². The molecule has 1 fully saturated rings. The molecule has 0 aromatic rings. The fourth-order valence-electron chi connectivity index (χ4n) is 2.94. The lowest BCUT2D eigenvalue weighted by molar-refractivity contribution is -0.202. The SMILES string of the molecule is C[C@H](OC1=CCN(C(C(N)=O)C(C)(C)C)C=C1C1CC1)C(F)(F)F. The number of primary amides is 1. The molecule has 0 radical (unpaired) electrons. The van der Waals surface area contributed by atoms with Gasteiger partial charge in [0.2, 0.25) is 5.91 Å². The third kappa shape index (κ3) is 4.24. The summed E-state index contributed by atoms with van der Waals surface area (Å²) >= 11 is 0. The van der Waals surface area contributed by atoms with Crippen molar-refractivity contribution in [2.24, 2.45) is 17.1 Å². The van der Waals surface area contributed by atoms with Gasteiger partial charge in [0.05, 0.1) is 0 Å². The van der Waals surface area contributed by atoms with Crippen molar-refractivity contribution in [2.45, 2.75) is 58.9 Å². The molecule has 1 amide bonds. The first kappa shape index (κ1) is 18.7. The van der Waals surface area contributed by atoms with Crippen molar-refractivity contribution in [1.82, 2.24) is 4.90 Å². The fourth-order valence-corrected chi connectivity index (χ4v) is 2.94. The van der Waals surface area contributed by atoms with Gasteiger partial charge in [-0.25, -0.2) is 0 Å².